The van der Waals surface area contributed by atoms with Crippen LogP contribution in [0, 0.1) is 0 Å². The Morgan fingerprint density at radius 3 is 2.70 bits per heavy atom. The molecule has 3 N–H and O–H groups in total. The number of nitrogens with two attached hydrogens (primary N) is 1. The number of hydrogen-bond donors (Lipinski definition) is 2. The molecule has 0 amide bonds. The van der Waals surface area contributed by atoms with E-state index in [1.165, 1.54) is 25.0 Å². The second-order valence-corrected chi connectivity index (χ2v) is 7.48. The predicted octanol–water partition coefficient (Wildman–Crippen LogP) is 2.27. The molecular weight excluding hydrogens is 344 g/mol. The monoisotopic (exact) mass is 362 g/mol. The zero-order chi connectivity index (χ0) is 14.6. The van der Waals surface area contributed by atoms with Gasteiger partial charge in [-0.25, -0.2) is 13.1 Å². The number of hydrogen-bond acceptors (Lipinski definition) is 4. The molecule has 7 heteroatoms. The van der Waals surface area contributed by atoms with Crippen LogP contribution in [0.25, 0.3) is 0 Å². The Hall–Kier alpha value is -0.630. The third-order valence-corrected chi connectivity index (χ3v) is 5.51. The number of benzene rings is 1. The van der Waals surface area contributed by atoms with Crippen molar-refractivity contribution in [3.8, 4) is 0 Å². The summed E-state index contributed by atoms with van der Waals surface area (Å²) in [6.45, 7) is 0.671. The topological polar surface area (TPSA) is 81.4 Å². The number of ether oxygens (including phenoxy) is 1. The Kier molecular flexibility index (Phi) is 5.42. The van der Waals surface area contributed by atoms with Crippen LogP contribution >= 0.6 is 15.9 Å². The summed E-state index contributed by atoms with van der Waals surface area (Å²) in [4.78, 5) is 0.166. The van der Waals surface area contributed by atoms with Crippen molar-refractivity contribution < 1.29 is 13.2 Å². The standard InChI is InChI=1S/C13H19BrN2O3S/c14-12-6-5-11(9-13(12)15)20(17,18)16-7-8-19-10-3-1-2-4-10/h5-6,9-10,16H,1-4,7-8,15H2. The van der Waals surface area contributed by atoms with Gasteiger partial charge in [0.2, 0.25) is 10.0 Å². The normalized spacial score (nSPS) is 16.6. The summed E-state index contributed by atoms with van der Waals surface area (Å²) < 4.78 is 32.9. The molecule has 2 rings (SSSR count). The van der Waals surface area contributed by atoms with Gasteiger partial charge in [-0.05, 0) is 47.0 Å². The summed E-state index contributed by atoms with van der Waals surface area (Å²) in [6, 6.07) is 4.57. The van der Waals surface area contributed by atoms with E-state index in [1.54, 1.807) is 6.07 Å². The molecule has 20 heavy (non-hydrogen) atoms. The lowest BCUT2D eigenvalue weighted by molar-refractivity contribution is 0.0626. The summed E-state index contributed by atoms with van der Waals surface area (Å²) in [5.74, 6) is 0. The molecule has 1 aromatic carbocycles. The van der Waals surface area contributed by atoms with Crippen LogP contribution in [0.1, 0.15) is 25.7 Å². The first-order valence-corrected chi connectivity index (χ1v) is 8.93. The Morgan fingerprint density at radius 2 is 2.05 bits per heavy atom. The molecule has 0 unspecified atom stereocenters. The second kappa shape index (κ2) is 6.89. The van der Waals surface area contributed by atoms with Crippen LogP contribution in [0.3, 0.4) is 0 Å². The maximum Gasteiger partial charge on any atom is 0.240 e. The van der Waals surface area contributed by atoms with Crippen molar-refractivity contribution in [1.82, 2.24) is 4.72 Å². The fourth-order valence-corrected chi connectivity index (χ4v) is 3.52. The maximum atomic E-state index is 12.1. The minimum atomic E-state index is -3.53. The number of anilines is 1. The van der Waals surface area contributed by atoms with Gasteiger partial charge in [-0.2, -0.15) is 0 Å². The molecule has 0 spiro atoms. The first-order chi connectivity index (χ1) is 9.49. The number of nitrogens with one attached hydrogen (secondary N) is 1. The highest BCUT2D eigenvalue weighted by Crippen LogP contribution is 2.23. The van der Waals surface area contributed by atoms with Crippen molar-refractivity contribution in [1.29, 1.82) is 0 Å². The smallest absolute Gasteiger partial charge is 0.240 e. The largest absolute Gasteiger partial charge is 0.398 e. The van der Waals surface area contributed by atoms with E-state index in [-0.39, 0.29) is 11.4 Å². The molecule has 112 valence electrons. The van der Waals surface area contributed by atoms with Crippen LogP contribution in [-0.2, 0) is 14.8 Å². The maximum absolute atomic E-state index is 12.1. The number of halogens is 1. The molecule has 0 bridgehead atoms. The van der Waals surface area contributed by atoms with Crippen LogP contribution in [-0.4, -0.2) is 27.7 Å². The first kappa shape index (κ1) is 15.8. The second-order valence-electron chi connectivity index (χ2n) is 4.86. The summed E-state index contributed by atoms with van der Waals surface area (Å²) >= 11 is 3.24. The van der Waals surface area contributed by atoms with E-state index in [2.05, 4.69) is 20.7 Å². The number of nitrogen functional groups attached to an aromatic ring is 1. The average Bonchev–Trinajstić information content (AvgIpc) is 2.91. The van der Waals surface area contributed by atoms with Gasteiger partial charge in [0.05, 0.1) is 17.6 Å². The molecule has 5 nitrogen and oxygen atoms in total. The van der Waals surface area contributed by atoms with E-state index >= 15 is 0 Å². The third-order valence-electron chi connectivity index (χ3n) is 3.33. The highest BCUT2D eigenvalue weighted by atomic mass is 79.9. The molecule has 0 aliphatic heterocycles. The lowest BCUT2D eigenvalue weighted by atomic mass is 10.3. The van der Waals surface area contributed by atoms with Gasteiger partial charge >= 0.3 is 0 Å². The van der Waals surface area contributed by atoms with Crippen molar-refractivity contribution in [3.63, 3.8) is 0 Å². The summed E-state index contributed by atoms with van der Waals surface area (Å²) in [7, 11) is -3.53. The van der Waals surface area contributed by atoms with Crippen molar-refractivity contribution in [2.75, 3.05) is 18.9 Å². The van der Waals surface area contributed by atoms with E-state index in [0.29, 0.717) is 22.9 Å². The Morgan fingerprint density at radius 1 is 1.35 bits per heavy atom. The van der Waals surface area contributed by atoms with Gasteiger partial charge in [0.1, 0.15) is 0 Å². The molecule has 0 aromatic heterocycles. The van der Waals surface area contributed by atoms with Crippen LogP contribution < -0.4 is 10.5 Å². The van der Waals surface area contributed by atoms with E-state index in [1.807, 2.05) is 0 Å². The molecule has 1 saturated carbocycles. The van der Waals surface area contributed by atoms with Crippen LogP contribution in [0.5, 0.6) is 0 Å². The van der Waals surface area contributed by atoms with Gasteiger partial charge in [-0.15, -0.1) is 0 Å². The molecule has 1 fully saturated rings. The Balaban J connectivity index is 1.85. The molecule has 1 aliphatic rings. The predicted molar refractivity (Wildman–Crippen MR) is 82.0 cm³/mol. The van der Waals surface area contributed by atoms with E-state index in [9.17, 15) is 8.42 Å². The van der Waals surface area contributed by atoms with Crippen LogP contribution in [0.2, 0.25) is 0 Å². The van der Waals surface area contributed by atoms with Gasteiger partial charge in [0.15, 0.2) is 0 Å². The fourth-order valence-electron chi connectivity index (χ4n) is 2.23. The molecule has 0 heterocycles. The van der Waals surface area contributed by atoms with Gasteiger partial charge in [0, 0.05) is 16.7 Å². The lowest BCUT2D eigenvalue weighted by Crippen LogP contribution is -2.28. The highest BCUT2D eigenvalue weighted by molar-refractivity contribution is 9.10. The van der Waals surface area contributed by atoms with Crippen LogP contribution in [0.15, 0.2) is 27.6 Å². The molecule has 1 aliphatic carbocycles. The molecule has 0 atom stereocenters. The van der Waals surface area contributed by atoms with Crippen molar-refractivity contribution in [2.24, 2.45) is 0 Å². The van der Waals surface area contributed by atoms with Crippen LogP contribution in [0.4, 0.5) is 5.69 Å². The molecule has 0 saturated heterocycles. The van der Waals surface area contributed by atoms with Gasteiger partial charge in [-0.1, -0.05) is 12.8 Å². The van der Waals surface area contributed by atoms with Gasteiger partial charge in [0.25, 0.3) is 0 Å². The quantitative estimate of drug-likeness (QED) is 0.600. The lowest BCUT2D eigenvalue weighted by Gasteiger charge is -2.12. The van der Waals surface area contributed by atoms with E-state index < -0.39 is 10.0 Å². The third kappa shape index (κ3) is 4.18. The number of rotatable bonds is 6. The van der Waals surface area contributed by atoms with Gasteiger partial charge in [-0.3, -0.25) is 0 Å². The Bertz CT molecular complexity index is 557. The minimum Gasteiger partial charge on any atom is -0.398 e. The number of sulfonamides is 1. The van der Waals surface area contributed by atoms with Crippen molar-refractivity contribution in [3.05, 3.63) is 22.7 Å². The average molecular weight is 363 g/mol. The Labute approximate surface area is 128 Å². The zero-order valence-electron chi connectivity index (χ0n) is 11.1. The molecule has 0 radical (unpaired) electrons. The SMILES string of the molecule is Nc1cc(S(=O)(=O)NCCOC2CCCC2)ccc1Br. The zero-order valence-corrected chi connectivity index (χ0v) is 13.5. The minimum absolute atomic E-state index is 0.166. The van der Waals surface area contributed by atoms with Gasteiger partial charge < -0.3 is 10.5 Å². The van der Waals surface area contributed by atoms with E-state index in [4.69, 9.17) is 10.5 Å². The van der Waals surface area contributed by atoms with Crippen molar-refractivity contribution >= 4 is 31.6 Å². The van der Waals surface area contributed by atoms with E-state index in [0.717, 1.165) is 12.8 Å². The van der Waals surface area contributed by atoms with Crippen molar-refractivity contribution in [2.45, 2.75) is 36.7 Å². The first-order valence-electron chi connectivity index (χ1n) is 6.65. The highest BCUT2D eigenvalue weighted by Gasteiger charge is 2.17. The summed E-state index contributed by atoms with van der Waals surface area (Å²) in [6.07, 6.45) is 4.86. The summed E-state index contributed by atoms with van der Waals surface area (Å²) in [5, 5.41) is 0. The molecular formula is C13H19BrN2O3S. The summed E-state index contributed by atoms with van der Waals surface area (Å²) in [5.41, 5.74) is 6.09. The fraction of sp³-hybridized carbons (Fsp3) is 0.538. The molecule has 1 aromatic rings.